The first-order chi connectivity index (χ1) is 27.2. The second-order valence-electron chi connectivity index (χ2n) is 13.4. The van der Waals surface area contributed by atoms with E-state index in [1.807, 2.05) is 0 Å². The Kier molecular flexibility index (Phi) is 11.1. The first-order valence-corrected chi connectivity index (χ1v) is 19.5. The number of hydrogen-bond acceptors (Lipinski definition) is 1. The van der Waals surface area contributed by atoms with Crippen LogP contribution in [0.15, 0.2) is 206 Å². The number of hydrogen-bond donors (Lipinski definition) is 0. The van der Waals surface area contributed by atoms with Crippen molar-refractivity contribution < 1.29 is 0 Å². The number of rotatable bonds is 11. The highest BCUT2D eigenvalue weighted by atomic mass is 32.1. The van der Waals surface area contributed by atoms with Gasteiger partial charge in [0.25, 0.3) is 0 Å². The van der Waals surface area contributed by atoms with E-state index in [4.69, 9.17) is 0 Å². The van der Waals surface area contributed by atoms with E-state index < -0.39 is 0 Å². The zero-order chi connectivity index (χ0) is 37.1. The van der Waals surface area contributed by atoms with Crippen LogP contribution in [0.4, 0.5) is 0 Å². The highest BCUT2D eigenvalue weighted by molar-refractivity contribution is 7.13. The van der Waals surface area contributed by atoms with Crippen LogP contribution in [-0.4, -0.2) is 0 Å². The minimum Gasteiger partial charge on any atom is -0.144 e. The van der Waals surface area contributed by atoms with E-state index in [0.717, 1.165) is 11.1 Å². The standard InChI is InChI=1S/C54H40S/c1-5-14-46(15-6-1)52(47-16-7-2-8-17-47)38-43-27-23-41(24-28-43)31-33-45-35-36-51(54-22-13-37-55-54)40-50(45)34-32-42-25-29-44(30-26-42)39-53(48-18-9-3-10-19-48)49-20-11-4-12-21-49/h1-40H. The second kappa shape index (κ2) is 17.4. The van der Waals surface area contributed by atoms with Crippen LogP contribution in [0.5, 0.6) is 0 Å². The maximum Gasteiger partial charge on any atom is 0.0342 e. The summed E-state index contributed by atoms with van der Waals surface area (Å²) < 4.78 is 0. The van der Waals surface area contributed by atoms with Crippen molar-refractivity contribution in [2.75, 3.05) is 0 Å². The largest absolute Gasteiger partial charge is 0.144 e. The van der Waals surface area contributed by atoms with Gasteiger partial charge in [0, 0.05) is 4.88 Å². The van der Waals surface area contributed by atoms with Crippen molar-refractivity contribution in [2.45, 2.75) is 0 Å². The molecule has 0 fully saturated rings. The molecule has 0 amide bonds. The van der Waals surface area contributed by atoms with Crippen molar-refractivity contribution in [3.8, 4) is 10.4 Å². The van der Waals surface area contributed by atoms with Crippen LogP contribution < -0.4 is 0 Å². The molecule has 262 valence electrons. The zero-order valence-corrected chi connectivity index (χ0v) is 31.3. The molecule has 0 N–H and O–H groups in total. The summed E-state index contributed by atoms with van der Waals surface area (Å²) in [4.78, 5) is 1.27. The summed E-state index contributed by atoms with van der Waals surface area (Å²) in [6, 6.07) is 71.1. The minimum absolute atomic E-state index is 1.16. The lowest BCUT2D eigenvalue weighted by atomic mass is 9.95. The fourth-order valence-corrected chi connectivity index (χ4v) is 7.44. The van der Waals surface area contributed by atoms with Gasteiger partial charge in [0.1, 0.15) is 0 Å². The predicted octanol–water partition coefficient (Wildman–Crippen LogP) is 14.9. The van der Waals surface area contributed by atoms with Gasteiger partial charge in [-0.15, -0.1) is 11.3 Å². The molecule has 0 bridgehead atoms. The van der Waals surface area contributed by atoms with Gasteiger partial charge < -0.3 is 0 Å². The van der Waals surface area contributed by atoms with E-state index in [1.54, 1.807) is 11.3 Å². The van der Waals surface area contributed by atoms with Crippen LogP contribution in [0.2, 0.25) is 0 Å². The van der Waals surface area contributed by atoms with Crippen LogP contribution in [-0.2, 0) is 0 Å². The Morgan fingerprint density at radius 2 is 0.727 bits per heavy atom. The molecule has 0 aliphatic rings. The maximum atomic E-state index is 2.30. The third kappa shape index (κ3) is 9.05. The molecule has 0 unspecified atom stereocenters. The lowest BCUT2D eigenvalue weighted by Crippen LogP contribution is -1.88. The van der Waals surface area contributed by atoms with Gasteiger partial charge in [-0.25, -0.2) is 0 Å². The van der Waals surface area contributed by atoms with Crippen molar-refractivity contribution >= 4 is 58.9 Å². The smallest absolute Gasteiger partial charge is 0.0342 e. The zero-order valence-electron chi connectivity index (χ0n) is 30.5. The van der Waals surface area contributed by atoms with Gasteiger partial charge in [-0.1, -0.05) is 212 Å². The maximum absolute atomic E-state index is 2.30. The molecular weight excluding hydrogens is 681 g/mol. The molecule has 0 atom stereocenters. The molecule has 1 heteroatoms. The number of benzene rings is 7. The molecule has 55 heavy (non-hydrogen) atoms. The summed E-state index contributed by atoms with van der Waals surface area (Å²) in [6.07, 6.45) is 13.4. The Bertz CT molecular complexity index is 2470. The normalized spacial score (nSPS) is 11.1. The van der Waals surface area contributed by atoms with E-state index >= 15 is 0 Å². The van der Waals surface area contributed by atoms with Crippen LogP contribution in [0, 0.1) is 0 Å². The van der Waals surface area contributed by atoms with Crippen molar-refractivity contribution in [1.29, 1.82) is 0 Å². The third-order valence-corrected chi connectivity index (χ3v) is 10.6. The Morgan fingerprint density at radius 1 is 0.327 bits per heavy atom. The van der Waals surface area contributed by atoms with Gasteiger partial charge in [0.2, 0.25) is 0 Å². The quantitative estimate of drug-likeness (QED) is 0.117. The minimum atomic E-state index is 1.16. The Hall–Kier alpha value is -6.80. The van der Waals surface area contributed by atoms with Gasteiger partial charge >= 0.3 is 0 Å². The highest BCUT2D eigenvalue weighted by Crippen LogP contribution is 2.30. The summed E-state index contributed by atoms with van der Waals surface area (Å²) in [7, 11) is 0. The van der Waals surface area contributed by atoms with E-state index in [1.165, 1.54) is 66.1 Å². The van der Waals surface area contributed by atoms with E-state index in [0.29, 0.717) is 0 Å². The van der Waals surface area contributed by atoms with Gasteiger partial charge in [-0.3, -0.25) is 0 Å². The van der Waals surface area contributed by atoms with Gasteiger partial charge in [0.15, 0.2) is 0 Å². The predicted molar refractivity (Wildman–Crippen MR) is 240 cm³/mol. The molecule has 0 radical (unpaired) electrons. The van der Waals surface area contributed by atoms with Crippen LogP contribution >= 0.6 is 11.3 Å². The first-order valence-electron chi connectivity index (χ1n) is 18.6. The van der Waals surface area contributed by atoms with Crippen molar-refractivity contribution in [1.82, 2.24) is 0 Å². The Labute approximate surface area is 329 Å². The monoisotopic (exact) mass is 720 g/mol. The average Bonchev–Trinajstić information content (AvgIpc) is 3.81. The van der Waals surface area contributed by atoms with Gasteiger partial charge in [-0.05, 0) is 102 Å². The lowest BCUT2D eigenvalue weighted by molar-refractivity contribution is 1.55. The van der Waals surface area contributed by atoms with Crippen LogP contribution in [0.3, 0.4) is 0 Å². The Morgan fingerprint density at radius 3 is 1.13 bits per heavy atom. The molecule has 0 spiro atoms. The Balaban J connectivity index is 1.05. The van der Waals surface area contributed by atoms with E-state index in [2.05, 4.69) is 242 Å². The number of thiophene rings is 1. The molecule has 0 nitrogen and oxygen atoms in total. The lowest BCUT2D eigenvalue weighted by Gasteiger charge is -2.09. The van der Waals surface area contributed by atoms with Crippen molar-refractivity contribution in [3.63, 3.8) is 0 Å². The fraction of sp³-hybridized carbons (Fsp3) is 0. The molecular formula is C54H40S. The first kappa shape index (κ1) is 35.2. The fourth-order valence-electron chi connectivity index (χ4n) is 6.72. The molecule has 1 aromatic heterocycles. The summed E-state index contributed by atoms with van der Waals surface area (Å²) in [5.41, 5.74) is 15.5. The second-order valence-corrected chi connectivity index (χ2v) is 14.3. The van der Waals surface area contributed by atoms with Crippen molar-refractivity contribution in [2.24, 2.45) is 0 Å². The molecule has 0 saturated heterocycles. The SMILES string of the molecule is C(=Cc1ccc(-c2cccs2)cc1C=Cc1ccc(C=C(c2ccccc2)c2ccccc2)cc1)c1ccc(C=C(c2ccccc2)c2ccccc2)cc1. The average molecular weight is 721 g/mol. The third-order valence-electron chi connectivity index (χ3n) is 9.64. The highest BCUT2D eigenvalue weighted by Gasteiger charge is 2.07. The van der Waals surface area contributed by atoms with Crippen LogP contribution in [0.25, 0.3) is 58.0 Å². The van der Waals surface area contributed by atoms with Crippen molar-refractivity contribution in [3.05, 3.63) is 261 Å². The molecule has 7 aromatic carbocycles. The van der Waals surface area contributed by atoms with E-state index in [9.17, 15) is 0 Å². The molecule has 8 rings (SSSR count). The molecule has 0 aliphatic heterocycles. The summed E-state index contributed by atoms with van der Waals surface area (Å²) in [5, 5.41) is 2.14. The molecule has 8 aromatic rings. The summed E-state index contributed by atoms with van der Waals surface area (Å²) in [5.74, 6) is 0. The molecule has 0 saturated carbocycles. The summed E-state index contributed by atoms with van der Waals surface area (Å²) >= 11 is 1.77. The molecule has 0 aliphatic carbocycles. The summed E-state index contributed by atoms with van der Waals surface area (Å²) in [6.45, 7) is 0. The van der Waals surface area contributed by atoms with Crippen LogP contribution in [0.1, 0.15) is 55.6 Å². The van der Waals surface area contributed by atoms with E-state index in [-0.39, 0.29) is 0 Å². The van der Waals surface area contributed by atoms with Gasteiger partial charge in [-0.2, -0.15) is 0 Å². The topological polar surface area (TPSA) is 0 Å². The molecule has 1 heterocycles. The van der Waals surface area contributed by atoms with Gasteiger partial charge in [0.05, 0.1) is 0 Å².